The van der Waals surface area contributed by atoms with Gasteiger partial charge in [-0.3, -0.25) is 0 Å². The van der Waals surface area contributed by atoms with Gasteiger partial charge in [0.1, 0.15) is 11.4 Å². The molecule has 0 radical (unpaired) electrons. The second-order valence-electron chi connectivity index (χ2n) is 3.19. The molecule has 1 unspecified atom stereocenters. The van der Waals surface area contributed by atoms with E-state index in [1.165, 1.54) is 0 Å². The zero-order valence-electron chi connectivity index (χ0n) is 7.83. The van der Waals surface area contributed by atoms with Crippen molar-refractivity contribution in [2.45, 2.75) is 13.0 Å². The molecule has 0 saturated carbocycles. The number of aromatic nitrogens is 1. The van der Waals surface area contributed by atoms with Gasteiger partial charge in [-0.15, -0.1) is 11.6 Å². The lowest BCUT2D eigenvalue weighted by Gasteiger charge is -2.11. The number of hydrogen-bond acceptors (Lipinski definition) is 3. The monoisotopic (exact) mass is 210 g/mol. The minimum absolute atomic E-state index is 0.199. The number of hydrogen-bond donors (Lipinski definition) is 1. The maximum Gasteiger partial charge on any atom is 0.139 e. The average molecular weight is 211 g/mol. The van der Waals surface area contributed by atoms with Gasteiger partial charge < -0.3 is 9.73 Å². The first-order valence-corrected chi connectivity index (χ1v) is 4.99. The van der Waals surface area contributed by atoms with E-state index < -0.39 is 0 Å². The number of nitrogens with one attached hydrogen (secondary N) is 1. The van der Waals surface area contributed by atoms with Crippen molar-refractivity contribution in [3.05, 3.63) is 24.6 Å². The molecule has 4 heteroatoms. The summed E-state index contributed by atoms with van der Waals surface area (Å²) in [5.41, 5.74) is 0.837. The number of pyridine rings is 1. The van der Waals surface area contributed by atoms with E-state index in [9.17, 15) is 0 Å². The molecule has 2 aromatic heterocycles. The highest BCUT2D eigenvalue weighted by molar-refractivity contribution is 6.18. The fraction of sp³-hybridized carbons (Fsp3) is 0.300. The fourth-order valence-corrected chi connectivity index (χ4v) is 1.36. The molecule has 0 fully saturated rings. The third kappa shape index (κ3) is 1.68. The van der Waals surface area contributed by atoms with Crippen LogP contribution in [0.1, 0.15) is 6.92 Å². The van der Waals surface area contributed by atoms with Gasteiger partial charge in [0.25, 0.3) is 0 Å². The third-order valence-corrected chi connectivity index (χ3v) is 2.46. The molecule has 0 aliphatic rings. The molecule has 0 amide bonds. The number of furan rings is 1. The number of anilines is 1. The van der Waals surface area contributed by atoms with E-state index in [0.717, 1.165) is 16.8 Å². The lowest BCUT2D eigenvalue weighted by Crippen LogP contribution is -2.17. The Kier molecular flexibility index (Phi) is 2.59. The zero-order valence-corrected chi connectivity index (χ0v) is 8.58. The van der Waals surface area contributed by atoms with Gasteiger partial charge in [-0.05, 0) is 19.1 Å². The van der Waals surface area contributed by atoms with Crippen LogP contribution in [-0.4, -0.2) is 16.9 Å². The van der Waals surface area contributed by atoms with Gasteiger partial charge in [-0.2, -0.15) is 0 Å². The molecule has 2 rings (SSSR count). The Hall–Kier alpha value is -1.22. The van der Waals surface area contributed by atoms with Crippen molar-refractivity contribution < 1.29 is 4.42 Å². The van der Waals surface area contributed by atoms with Gasteiger partial charge in [-0.25, -0.2) is 4.98 Å². The summed E-state index contributed by atoms with van der Waals surface area (Å²) in [5.74, 6) is 1.38. The minimum Gasteiger partial charge on any atom is -0.464 e. The summed E-state index contributed by atoms with van der Waals surface area (Å²) in [7, 11) is 0. The Morgan fingerprint density at radius 2 is 2.43 bits per heavy atom. The summed E-state index contributed by atoms with van der Waals surface area (Å²) >= 11 is 5.71. The van der Waals surface area contributed by atoms with E-state index in [0.29, 0.717) is 5.88 Å². The topological polar surface area (TPSA) is 38.1 Å². The van der Waals surface area contributed by atoms with Crippen LogP contribution in [-0.2, 0) is 0 Å². The molecule has 3 nitrogen and oxygen atoms in total. The quantitative estimate of drug-likeness (QED) is 0.792. The van der Waals surface area contributed by atoms with Crippen molar-refractivity contribution in [1.29, 1.82) is 0 Å². The first-order chi connectivity index (χ1) is 6.81. The molecular weight excluding hydrogens is 200 g/mol. The number of alkyl halides is 1. The maximum absolute atomic E-state index is 5.71. The third-order valence-electron chi connectivity index (χ3n) is 1.99. The molecule has 0 aromatic carbocycles. The van der Waals surface area contributed by atoms with Crippen LogP contribution >= 0.6 is 11.6 Å². The van der Waals surface area contributed by atoms with Crippen molar-refractivity contribution in [1.82, 2.24) is 4.98 Å². The van der Waals surface area contributed by atoms with E-state index in [4.69, 9.17) is 16.0 Å². The van der Waals surface area contributed by atoms with Gasteiger partial charge in [-0.1, -0.05) is 0 Å². The van der Waals surface area contributed by atoms with Crippen molar-refractivity contribution in [3.63, 3.8) is 0 Å². The normalized spacial score (nSPS) is 13.0. The molecule has 0 aliphatic carbocycles. The van der Waals surface area contributed by atoms with Crippen LogP contribution in [0.5, 0.6) is 0 Å². The minimum atomic E-state index is 0.199. The average Bonchev–Trinajstić information content (AvgIpc) is 2.66. The SMILES string of the molecule is CC(CCl)Nc1nccc2occc12. The van der Waals surface area contributed by atoms with Gasteiger partial charge in [0.15, 0.2) is 0 Å². The van der Waals surface area contributed by atoms with Crippen LogP contribution in [0.2, 0.25) is 0 Å². The summed E-state index contributed by atoms with van der Waals surface area (Å²) in [6.45, 7) is 2.01. The van der Waals surface area contributed by atoms with Gasteiger partial charge in [0.2, 0.25) is 0 Å². The molecule has 14 heavy (non-hydrogen) atoms. The van der Waals surface area contributed by atoms with E-state index in [-0.39, 0.29) is 6.04 Å². The van der Waals surface area contributed by atoms with Crippen molar-refractivity contribution in [2.24, 2.45) is 0 Å². The Morgan fingerprint density at radius 3 is 3.21 bits per heavy atom. The zero-order chi connectivity index (χ0) is 9.97. The maximum atomic E-state index is 5.71. The number of rotatable bonds is 3. The van der Waals surface area contributed by atoms with E-state index in [1.807, 2.05) is 19.1 Å². The van der Waals surface area contributed by atoms with Crippen molar-refractivity contribution in [3.8, 4) is 0 Å². The first-order valence-electron chi connectivity index (χ1n) is 4.46. The summed E-state index contributed by atoms with van der Waals surface area (Å²) in [6, 6.07) is 3.93. The van der Waals surface area contributed by atoms with Gasteiger partial charge in [0, 0.05) is 18.1 Å². The summed E-state index contributed by atoms with van der Waals surface area (Å²) in [4.78, 5) is 4.24. The molecule has 0 saturated heterocycles. The summed E-state index contributed by atoms with van der Waals surface area (Å²) in [6.07, 6.45) is 3.37. The second-order valence-corrected chi connectivity index (χ2v) is 3.50. The molecule has 0 bridgehead atoms. The molecule has 74 valence electrons. The van der Waals surface area contributed by atoms with Crippen LogP contribution in [0.25, 0.3) is 11.0 Å². The highest BCUT2D eigenvalue weighted by Crippen LogP contribution is 2.22. The van der Waals surface area contributed by atoms with Crippen LogP contribution in [0.4, 0.5) is 5.82 Å². The van der Waals surface area contributed by atoms with Crippen molar-refractivity contribution in [2.75, 3.05) is 11.2 Å². The Labute approximate surface area is 87.1 Å². The molecule has 1 atom stereocenters. The van der Waals surface area contributed by atoms with Gasteiger partial charge >= 0.3 is 0 Å². The largest absolute Gasteiger partial charge is 0.464 e. The number of halogens is 1. The Balaban J connectivity index is 2.36. The lowest BCUT2D eigenvalue weighted by atomic mass is 10.3. The smallest absolute Gasteiger partial charge is 0.139 e. The molecular formula is C10H11ClN2O. The number of fused-ring (bicyclic) bond motifs is 1. The van der Waals surface area contributed by atoms with E-state index in [2.05, 4.69) is 10.3 Å². The summed E-state index contributed by atoms with van der Waals surface area (Å²) < 4.78 is 5.26. The standard InChI is InChI=1S/C10H11ClN2O/c1-7(6-11)13-10-8-3-5-14-9(8)2-4-12-10/h2-5,7H,6H2,1H3,(H,12,13). The van der Waals surface area contributed by atoms with Crippen LogP contribution in [0, 0.1) is 0 Å². The second kappa shape index (κ2) is 3.88. The molecule has 0 spiro atoms. The van der Waals surface area contributed by atoms with Crippen LogP contribution in [0.15, 0.2) is 29.0 Å². The predicted octanol–water partition coefficient (Wildman–Crippen LogP) is 2.87. The Bertz CT molecular complexity index is 427. The Morgan fingerprint density at radius 1 is 1.57 bits per heavy atom. The van der Waals surface area contributed by atoms with E-state index in [1.54, 1.807) is 12.5 Å². The molecule has 1 N–H and O–H groups in total. The number of nitrogens with zero attached hydrogens (tertiary/aromatic N) is 1. The fourth-order valence-electron chi connectivity index (χ4n) is 1.28. The molecule has 2 heterocycles. The summed E-state index contributed by atoms with van der Waals surface area (Å²) in [5, 5.41) is 4.21. The van der Waals surface area contributed by atoms with Crippen LogP contribution < -0.4 is 5.32 Å². The van der Waals surface area contributed by atoms with E-state index >= 15 is 0 Å². The predicted molar refractivity (Wildman–Crippen MR) is 57.8 cm³/mol. The highest BCUT2D eigenvalue weighted by Gasteiger charge is 2.06. The van der Waals surface area contributed by atoms with Crippen molar-refractivity contribution >= 4 is 28.4 Å². The van der Waals surface area contributed by atoms with Gasteiger partial charge in [0.05, 0.1) is 11.6 Å². The molecule has 0 aliphatic heterocycles. The highest BCUT2D eigenvalue weighted by atomic mass is 35.5. The molecule has 2 aromatic rings. The lowest BCUT2D eigenvalue weighted by molar-refractivity contribution is 0.615. The van der Waals surface area contributed by atoms with Crippen LogP contribution in [0.3, 0.4) is 0 Å². The first kappa shape index (κ1) is 9.34.